The topological polar surface area (TPSA) is 66.2 Å². The standard InChI is InChI=1S/C8H12N4OS/c1-2-14-8-5-7-10-9-6(3-4-13)12(7)11-8/h5,11,13H,2-4H2,1H3. The third kappa shape index (κ3) is 1.62. The molecule has 5 nitrogen and oxygen atoms in total. The molecule has 0 aromatic carbocycles. The van der Waals surface area contributed by atoms with E-state index >= 15 is 0 Å². The van der Waals surface area contributed by atoms with Crippen LogP contribution in [0.2, 0.25) is 0 Å². The Morgan fingerprint density at radius 2 is 2.43 bits per heavy atom. The molecule has 0 saturated carbocycles. The van der Waals surface area contributed by atoms with Crippen LogP contribution >= 0.6 is 11.8 Å². The second kappa shape index (κ2) is 4.02. The van der Waals surface area contributed by atoms with Crippen LogP contribution in [-0.4, -0.2) is 37.3 Å². The van der Waals surface area contributed by atoms with Crippen molar-refractivity contribution < 1.29 is 5.11 Å². The molecular formula is C8H12N4OS. The van der Waals surface area contributed by atoms with Crippen LogP contribution in [0.25, 0.3) is 5.65 Å². The van der Waals surface area contributed by atoms with Crippen LogP contribution in [0.4, 0.5) is 0 Å². The van der Waals surface area contributed by atoms with E-state index in [1.807, 2.05) is 10.6 Å². The van der Waals surface area contributed by atoms with Crippen LogP contribution in [0.3, 0.4) is 0 Å². The van der Waals surface area contributed by atoms with Gasteiger partial charge in [0.15, 0.2) is 11.5 Å². The number of rotatable bonds is 4. The molecule has 0 fully saturated rings. The van der Waals surface area contributed by atoms with Gasteiger partial charge in [0.25, 0.3) is 0 Å². The predicted octanol–water partition coefficient (Wildman–Crippen LogP) is 0.704. The number of H-pyrrole nitrogens is 1. The molecule has 2 rings (SSSR count). The van der Waals surface area contributed by atoms with Crippen LogP contribution < -0.4 is 0 Å². The van der Waals surface area contributed by atoms with E-state index < -0.39 is 0 Å². The van der Waals surface area contributed by atoms with Gasteiger partial charge in [-0.3, -0.25) is 5.10 Å². The van der Waals surface area contributed by atoms with Gasteiger partial charge in [0.2, 0.25) is 0 Å². The van der Waals surface area contributed by atoms with Gasteiger partial charge in [-0.25, -0.2) is 4.52 Å². The largest absolute Gasteiger partial charge is 0.396 e. The summed E-state index contributed by atoms with van der Waals surface area (Å²) >= 11 is 1.73. The van der Waals surface area contributed by atoms with Crippen molar-refractivity contribution in [1.82, 2.24) is 19.8 Å². The summed E-state index contributed by atoms with van der Waals surface area (Å²) in [6, 6.07) is 1.96. The zero-order valence-corrected chi connectivity index (χ0v) is 8.71. The number of thioether (sulfide) groups is 1. The average Bonchev–Trinajstić information content (AvgIpc) is 2.69. The number of aromatic nitrogens is 4. The number of nitrogens with one attached hydrogen (secondary N) is 1. The Labute approximate surface area is 85.5 Å². The summed E-state index contributed by atoms with van der Waals surface area (Å²) in [4.78, 5) is 0. The van der Waals surface area contributed by atoms with E-state index in [0.29, 0.717) is 6.42 Å². The summed E-state index contributed by atoms with van der Waals surface area (Å²) in [5.74, 6) is 1.79. The SMILES string of the molecule is CCSc1cc2nnc(CCO)n2[nH]1. The van der Waals surface area contributed by atoms with Crippen molar-refractivity contribution >= 4 is 17.4 Å². The molecule has 0 spiro atoms. The van der Waals surface area contributed by atoms with E-state index in [9.17, 15) is 0 Å². The number of aromatic amines is 1. The molecule has 2 N–H and O–H groups in total. The van der Waals surface area contributed by atoms with E-state index in [0.717, 1.165) is 22.3 Å². The van der Waals surface area contributed by atoms with Crippen molar-refractivity contribution in [1.29, 1.82) is 0 Å². The molecule has 0 atom stereocenters. The highest BCUT2D eigenvalue weighted by Crippen LogP contribution is 2.17. The molecule has 0 bridgehead atoms. The fourth-order valence-electron chi connectivity index (χ4n) is 1.30. The van der Waals surface area contributed by atoms with Crippen molar-refractivity contribution in [2.45, 2.75) is 18.4 Å². The summed E-state index contributed by atoms with van der Waals surface area (Å²) in [6.07, 6.45) is 0.526. The summed E-state index contributed by atoms with van der Waals surface area (Å²) in [7, 11) is 0. The molecule has 2 heterocycles. The van der Waals surface area contributed by atoms with Crippen molar-refractivity contribution in [2.75, 3.05) is 12.4 Å². The lowest BCUT2D eigenvalue weighted by Gasteiger charge is -1.93. The minimum atomic E-state index is 0.0933. The Bertz CT molecular complexity index is 422. The Morgan fingerprint density at radius 1 is 1.57 bits per heavy atom. The Hall–Kier alpha value is -1.01. The molecule has 0 amide bonds. The van der Waals surface area contributed by atoms with Gasteiger partial charge in [0, 0.05) is 12.5 Å². The van der Waals surface area contributed by atoms with Gasteiger partial charge in [-0.2, -0.15) is 0 Å². The quantitative estimate of drug-likeness (QED) is 0.732. The monoisotopic (exact) mass is 212 g/mol. The van der Waals surface area contributed by atoms with Crippen LogP contribution in [0.15, 0.2) is 11.1 Å². The van der Waals surface area contributed by atoms with Crippen molar-refractivity contribution in [3.05, 3.63) is 11.9 Å². The molecule has 0 aliphatic heterocycles. The van der Waals surface area contributed by atoms with Crippen LogP contribution in [0, 0.1) is 0 Å². The van der Waals surface area contributed by atoms with Gasteiger partial charge in [-0.15, -0.1) is 22.0 Å². The molecule has 2 aromatic heterocycles. The fourth-order valence-corrected chi connectivity index (χ4v) is 1.95. The number of fused-ring (bicyclic) bond motifs is 1. The van der Waals surface area contributed by atoms with Crippen LogP contribution in [-0.2, 0) is 6.42 Å². The lowest BCUT2D eigenvalue weighted by molar-refractivity contribution is 0.295. The van der Waals surface area contributed by atoms with Gasteiger partial charge in [-0.05, 0) is 5.75 Å². The van der Waals surface area contributed by atoms with E-state index in [1.54, 1.807) is 11.8 Å². The molecule has 0 radical (unpaired) electrons. The van der Waals surface area contributed by atoms with Gasteiger partial charge in [0.1, 0.15) is 0 Å². The number of hydrogen-bond acceptors (Lipinski definition) is 4. The maximum absolute atomic E-state index is 8.81. The second-order valence-corrected chi connectivity index (χ2v) is 4.14. The molecule has 6 heteroatoms. The van der Waals surface area contributed by atoms with Gasteiger partial charge < -0.3 is 5.11 Å². The zero-order chi connectivity index (χ0) is 9.97. The maximum Gasteiger partial charge on any atom is 0.178 e. The predicted molar refractivity (Wildman–Crippen MR) is 54.5 cm³/mol. The number of nitrogens with zero attached hydrogens (tertiary/aromatic N) is 3. The molecular weight excluding hydrogens is 200 g/mol. The molecule has 14 heavy (non-hydrogen) atoms. The third-order valence-corrected chi connectivity index (χ3v) is 2.68. The van der Waals surface area contributed by atoms with Gasteiger partial charge in [-0.1, -0.05) is 6.92 Å². The normalized spacial score (nSPS) is 11.3. The summed E-state index contributed by atoms with van der Waals surface area (Å²) in [6.45, 7) is 2.19. The molecule has 76 valence electrons. The highest BCUT2D eigenvalue weighted by Gasteiger charge is 2.07. The number of aliphatic hydroxyl groups is 1. The third-order valence-electron chi connectivity index (χ3n) is 1.87. The van der Waals surface area contributed by atoms with Gasteiger partial charge >= 0.3 is 0 Å². The fraction of sp³-hybridized carbons (Fsp3) is 0.500. The lowest BCUT2D eigenvalue weighted by atomic mass is 10.4. The van der Waals surface area contributed by atoms with E-state index in [2.05, 4.69) is 22.2 Å². The molecule has 0 saturated heterocycles. The highest BCUT2D eigenvalue weighted by atomic mass is 32.2. The average molecular weight is 212 g/mol. The van der Waals surface area contributed by atoms with Gasteiger partial charge in [0.05, 0.1) is 11.6 Å². The molecule has 0 aliphatic carbocycles. The van der Waals surface area contributed by atoms with Crippen molar-refractivity contribution in [2.24, 2.45) is 0 Å². The highest BCUT2D eigenvalue weighted by molar-refractivity contribution is 7.99. The first kappa shape index (κ1) is 9.54. The summed E-state index contributed by atoms with van der Waals surface area (Å²) in [5, 5.41) is 21.0. The second-order valence-electron chi connectivity index (χ2n) is 2.84. The Balaban J connectivity index is 2.35. The van der Waals surface area contributed by atoms with E-state index in [1.165, 1.54) is 0 Å². The van der Waals surface area contributed by atoms with Crippen molar-refractivity contribution in [3.8, 4) is 0 Å². The number of hydrogen-bond donors (Lipinski definition) is 2. The van der Waals surface area contributed by atoms with Crippen LogP contribution in [0.1, 0.15) is 12.7 Å². The summed E-state index contributed by atoms with van der Waals surface area (Å²) < 4.78 is 1.81. The smallest absolute Gasteiger partial charge is 0.178 e. The van der Waals surface area contributed by atoms with Crippen LogP contribution in [0.5, 0.6) is 0 Å². The minimum absolute atomic E-state index is 0.0933. The van der Waals surface area contributed by atoms with Crippen molar-refractivity contribution in [3.63, 3.8) is 0 Å². The first-order valence-electron chi connectivity index (χ1n) is 4.52. The molecule has 0 aliphatic rings. The molecule has 2 aromatic rings. The first-order valence-corrected chi connectivity index (χ1v) is 5.50. The Kier molecular flexibility index (Phi) is 2.74. The lowest BCUT2D eigenvalue weighted by Crippen LogP contribution is -1.99. The maximum atomic E-state index is 8.81. The van der Waals surface area contributed by atoms with E-state index in [4.69, 9.17) is 5.11 Å². The molecule has 0 unspecified atom stereocenters. The first-order chi connectivity index (χ1) is 6.85. The Morgan fingerprint density at radius 3 is 3.14 bits per heavy atom. The number of aliphatic hydroxyl groups excluding tert-OH is 1. The van der Waals surface area contributed by atoms with E-state index in [-0.39, 0.29) is 6.61 Å². The minimum Gasteiger partial charge on any atom is -0.396 e. The summed E-state index contributed by atoms with van der Waals surface area (Å²) in [5.41, 5.74) is 0.810. The zero-order valence-electron chi connectivity index (χ0n) is 7.90.